The minimum absolute atomic E-state index is 0.117. The fraction of sp³-hybridized carbons (Fsp3) is 0.536. The first-order valence-corrected chi connectivity index (χ1v) is 12.4. The highest BCUT2D eigenvalue weighted by atomic mass is 19.1. The Morgan fingerprint density at radius 1 is 1.22 bits per heavy atom. The van der Waals surface area contributed by atoms with Crippen LogP contribution in [-0.2, 0) is 19.0 Å². The predicted molar refractivity (Wildman–Crippen MR) is 139 cm³/mol. The fourth-order valence-electron chi connectivity index (χ4n) is 4.20. The smallest absolute Gasteiger partial charge is 0.308 e. The second-order valence-electron chi connectivity index (χ2n) is 10.8. The number of anilines is 1. The Morgan fingerprint density at radius 3 is 2.47 bits per heavy atom. The van der Waals surface area contributed by atoms with E-state index in [1.807, 2.05) is 46.8 Å². The number of nitrogens with one attached hydrogen (secondary N) is 1. The van der Waals surface area contributed by atoms with Crippen molar-refractivity contribution in [3.8, 4) is 11.3 Å². The standard InChI is InChI=1S/C28H38FN3O4/c1-17(2)24-22(25(32-26(30-8)31-24)18-9-11-19(29)12-10-18)14-13-20-15-21(35-28(6,7)34-20)16-23(33)36-27(3,4)5/h9-14,17,20-21H,15-16H2,1-8H3,(H,30,31,32). The molecule has 0 radical (unpaired) electrons. The van der Waals surface area contributed by atoms with E-state index in [0.29, 0.717) is 18.1 Å². The third-order valence-corrected chi connectivity index (χ3v) is 5.54. The van der Waals surface area contributed by atoms with E-state index in [1.165, 1.54) is 12.1 Å². The third kappa shape index (κ3) is 7.58. The quantitative estimate of drug-likeness (QED) is 0.461. The van der Waals surface area contributed by atoms with Crippen LogP contribution in [0, 0.1) is 5.82 Å². The van der Waals surface area contributed by atoms with Crippen LogP contribution in [0.15, 0.2) is 30.3 Å². The summed E-state index contributed by atoms with van der Waals surface area (Å²) in [7, 11) is 1.77. The van der Waals surface area contributed by atoms with Crippen LogP contribution in [0.4, 0.5) is 10.3 Å². The molecule has 2 heterocycles. The van der Waals surface area contributed by atoms with Crippen LogP contribution in [0.3, 0.4) is 0 Å². The van der Waals surface area contributed by atoms with Crippen molar-refractivity contribution in [2.75, 3.05) is 12.4 Å². The molecule has 1 N–H and O–H groups in total. The van der Waals surface area contributed by atoms with Crippen molar-refractivity contribution in [2.45, 2.75) is 90.8 Å². The minimum atomic E-state index is -0.868. The van der Waals surface area contributed by atoms with Gasteiger partial charge in [-0.25, -0.2) is 14.4 Å². The highest BCUT2D eigenvalue weighted by molar-refractivity contribution is 5.75. The molecule has 196 valence electrons. The summed E-state index contributed by atoms with van der Waals surface area (Å²) >= 11 is 0. The lowest BCUT2D eigenvalue weighted by Gasteiger charge is -2.39. The van der Waals surface area contributed by atoms with Crippen LogP contribution in [-0.4, -0.2) is 46.6 Å². The first-order chi connectivity index (χ1) is 16.8. The number of carbonyl (C=O) groups excluding carboxylic acids is 1. The van der Waals surface area contributed by atoms with Crippen LogP contribution >= 0.6 is 0 Å². The summed E-state index contributed by atoms with van der Waals surface area (Å²) in [6.45, 7) is 13.3. The van der Waals surface area contributed by atoms with Gasteiger partial charge in [-0.2, -0.15) is 0 Å². The van der Waals surface area contributed by atoms with Crippen LogP contribution in [0.5, 0.6) is 0 Å². The molecule has 0 aliphatic carbocycles. The molecule has 1 aromatic heterocycles. The van der Waals surface area contributed by atoms with Gasteiger partial charge in [0.2, 0.25) is 5.95 Å². The summed E-state index contributed by atoms with van der Waals surface area (Å²) in [5, 5.41) is 3.02. The van der Waals surface area contributed by atoms with E-state index >= 15 is 0 Å². The Kier molecular flexibility index (Phi) is 8.52. The second-order valence-corrected chi connectivity index (χ2v) is 10.8. The summed E-state index contributed by atoms with van der Waals surface area (Å²) in [5.41, 5.74) is 2.63. The van der Waals surface area contributed by atoms with E-state index in [4.69, 9.17) is 24.2 Å². The molecule has 1 saturated heterocycles. The highest BCUT2D eigenvalue weighted by Gasteiger charge is 2.36. The van der Waals surface area contributed by atoms with Gasteiger partial charge in [-0.15, -0.1) is 0 Å². The van der Waals surface area contributed by atoms with E-state index in [0.717, 1.165) is 16.8 Å². The molecule has 7 nitrogen and oxygen atoms in total. The normalized spacial score (nSPS) is 20.1. The maximum absolute atomic E-state index is 13.6. The molecule has 8 heteroatoms. The van der Waals surface area contributed by atoms with Gasteiger partial charge >= 0.3 is 5.97 Å². The van der Waals surface area contributed by atoms with E-state index in [9.17, 15) is 9.18 Å². The van der Waals surface area contributed by atoms with E-state index < -0.39 is 11.4 Å². The van der Waals surface area contributed by atoms with Crippen molar-refractivity contribution >= 4 is 18.0 Å². The van der Waals surface area contributed by atoms with Gasteiger partial charge < -0.3 is 19.5 Å². The third-order valence-electron chi connectivity index (χ3n) is 5.54. The molecule has 0 spiro atoms. The largest absolute Gasteiger partial charge is 0.460 e. The lowest BCUT2D eigenvalue weighted by Crippen LogP contribution is -2.45. The number of carbonyl (C=O) groups is 1. The summed E-state index contributed by atoms with van der Waals surface area (Å²) < 4.78 is 31.3. The van der Waals surface area contributed by atoms with Gasteiger partial charge in [-0.1, -0.05) is 26.0 Å². The van der Waals surface area contributed by atoms with Gasteiger partial charge in [0.15, 0.2) is 5.79 Å². The first-order valence-electron chi connectivity index (χ1n) is 12.4. The molecule has 2 unspecified atom stereocenters. The maximum Gasteiger partial charge on any atom is 0.308 e. The van der Waals surface area contributed by atoms with Gasteiger partial charge in [0, 0.05) is 24.6 Å². The van der Waals surface area contributed by atoms with Crippen LogP contribution in [0.25, 0.3) is 17.3 Å². The summed E-state index contributed by atoms with van der Waals surface area (Å²) in [6.07, 6.45) is 3.92. The Bertz CT molecular complexity index is 1090. The van der Waals surface area contributed by atoms with Gasteiger partial charge in [-0.3, -0.25) is 4.79 Å². The number of ether oxygens (including phenoxy) is 3. The molecule has 0 bridgehead atoms. The zero-order valence-corrected chi connectivity index (χ0v) is 22.5. The van der Waals surface area contributed by atoms with Crippen molar-refractivity contribution in [1.82, 2.24) is 9.97 Å². The Labute approximate surface area is 213 Å². The van der Waals surface area contributed by atoms with Gasteiger partial charge in [0.25, 0.3) is 0 Å². The van der Waals surface area contributed by atoms with Crippen molar-refractivity contribution in [3.05, 3.63) is 47.4 Å². The molecular formula is C28H38FN3O4. The zero-order chi connectivity index (χ0) is 26.7. The van der Waals surface area contributed by atoms with Crippen LogP contribution in [0.1, 0.15) is 78.5 Å². The first kappa shape index (κ1) is 27.7. The molecule has 3 rings (SSSR count). The molecule has 0 amide bonds. The van der Waals surface area contributed by atoms with Gasteiger partial charge in [0.05, 0.1) is 30.0 Å². The Morgan fingerprint density at radius 2 is 1.89 bits per heavy atom. The van der Waals surface area contributed by atoms with Crippen LogP contribution in [0.2, 0.25) is 0 Å². The molecule has 1 aliphatic heterocycles. The number of nitrogens with zero attached hydrogens (tertiary/aromatic N) is 2. The number of halogens is 1. The van der Waals surface area contributed by atoms with Crippen molar-refractivity contribution in [2.24, 2.45) is 0 Å². The zero-order valence-electron chi connectivity index (χ0n) is 22.5. The average Bonchev–Trinajstić information content (AvgIpc) is 2.75. The Hall–Kier alpha value is -2.84. The lowest BCUT2D eigenvalue weighted by atomic mass is 9.97. The second kappa shape index (κ2) is 11.0. The predicted octanol–water partition coefficient (Wildman–Crippen LogP) is 6.10. The van der Waals surface area contributed by atoms with Crippen molar-refractivity contribution in [3.63, 3.8) is 0 Å². The molecule has 2 aromatic rings. The number of hydrogen-bond donors (Lipinski definition) is 1. The van der Waals surface area contributed by atoms with E-state index in [-0.39, 0.29) is 36.3 Å². The van der Waals surface area contributed by atoms with Crippen LogP contribution < -0.4 is 5.32 Å². The van der Waals surface area contributed by atoms with E-state index in [1.54, 1.807) is 19.2 Å². The minimum Gasteiger partial charge on any atom is -0.460 e. The van der Waals surface area contributed by atoms with Gasteiger partial charge in [0.1, 0.15) is 11.4 Å². The summed E-state index contributed by atoms with van der Waals surface area (Å²) in [4.78, 5) is 21.8. The molecule has 1 aromatic carbocycles. The molecule has 1 fully saturated rings. The number of aromatic nitrogens is 2. The number of hydrogen-bond acceptors (Lipinski definition) is 7. The maximum atomic E-state index is 13.6. The number of benzene rings is 1. The topological polar surface area (TPSA) is 82.6 Å². The molecule has 1 aliphatic rings. The SMILES string of the molecule is CNc1nc(-c2ccc(F)cc2)c(C=CC2CC(CC(=O)OC(C)(C)C)OC(C)(C)O2)c(C(C)C)n1. The van der Waals surface area contributed by atoms with Crippen molar-refractivity contribution < 1.29 is 23.4 Å². The van der Waals surface area contributed by atoms with Gasteiger partial charge in [-0.05, 0) is 64.8 Å². The van der Waals surface area contributed by atoms with Crippen molar-refractivity contribution in [1.29, 1.82) is 0 Å². The number of esters is 1. The molecule has 0 saturated carbocycles. The monoisotopic (exact) mass is 499 g/mol. The molecular weight excluding hydrogens is 461 g/mol. The molecule has 2 atom stereocenters. The van der Waals surface area contributed by atoms with E-state index in [2.05, 4.69) is 19.2 Å². The average molecular weight is 500 g/mol. The summed E-state index contributed by atoms with van der Waals surface area (Å²) in [5.74, 6) is -0.865. The molecule has 36 heavy (non-hydrogen) atoms. The fourth-order valence-corrected chi connectivity index (χ4v) is 4.20. The lowest BCUT2D eigenvalue weighted by molar-refractivity contribution is -0.290. The summed E-state index contributed by atoms with van der Waals surface area (Å²) in [6, 6.07) is 6.27. The number of rotatable bonds is 7. The Balaban J connectivity index is 1.94. The highest BCUT2D eigenvalue weighted by Crippen LogP contribution is 2.33.